The zero-order chi connectivity index (χ0) is 25.6. The topological polar surface area (TPSA) is 41.3 Å². The van der Waals surface area contributed by atoms with Gasteiger partial charge >= 0.3 is 6.18 Å². The van der Waals surface area contributed by atoms with Gasteiger partial charge in [0.25, 0.3) is 0 Å². The second kappa shape index (κ2) is 9.16. The fraction of sp³-hybridized carbons (Fsp3) is 0.269. The number of piperidine rings is 1. The fourth-order valence-electron chi connectivity index (χ4n) is 4.69. The first-order chi connectivity index (χ1) is 17.1. The average Bonchev–Trinajstić information content (AvgIpc) is 3.19. The van der Waals surface area contributed by atoms with Crippen molar-refractivity contribution in [2.45, 2.75) is 31.7 Å². The molecule has 0 saturated carbocycles. The second-order valence-corrected chi connectivity index (χ2v) is 8.84. The zero-order valence-corrected chi connectivity index (χ0v) is 18.9. The smallest absolute Gasteiger partial charge is 0.391 e. The summed E-state index contributed by atoms with van der Waals surface area (Å²) in [6.07, 6.45) is -3.58. The summed E-state index contributed by atoms with van der Waals surface area (Å²) in [6.45, 7) is 0.687. The van der Waals surface area contributed by atoms with E-state index in [1.54, 1.807) is 24.3 Å². The highest BCUT2D eigenvalue weighted by atomic mass is 19.4. The van der Waals surface area contributed by atoms with E-state index >= 15 is 0 Å². The van der Waals surface area contributed by atoms with Gasteiger partial charge < -0.3 is 10.0 Å². The minimum Gasteiger partial charge on any atom is -0.391 e. The van der Waals surface area contributed by atoms with E-state index in [9.17, 15) is 31.4 Å². The van der Waals surface area contributed by atoms with Crippen LogP contribution >= 0.6 is 0 Å². The SMILES string of the molecule is OC1CCCN(c2ccc(-c3c4cccc(C(F)(F)F)c4nn3Cc3c(F)cc(F)cc3F)cc2)C1. The molecule has 1 N–H and O–H groups in total. The molecule has 1 aliphatic rings. The van der Waals surface area contributed by atoms with Crippen LogP contribution in [0.5, 0.6) is 0 Å². The third-order valence-corrected chi connectivity index (χ3v) is 6.39. The van der Waals surface area contributed by atoms with Gasteiger partial charge in [-0.3, -0.25) is 4.68 Å². The van der Waals surface area contributed by atoms with Crippen molar-refractivity contribution < 1.29 is 31.4 Å². The van der Waals surface area contributed by atoms with E-state index in [0.717, 1.165) is 35.8 Å². The number of benzene rings is 3. The summed E-state index contributed by atoms with van der Waals surface area (Å²) in [4.78, 5) is 2.01. The Morgan fingerprint density at radius 3 is 2.31 bits per heavy atom. The Morgan fingerprint density at radius 1 is 0.972 bits per heavy atom. The van der Waals surface area contributed by atoms with E-state index in [2.05, 4.69) is 5.10 Å². The molecule has 3 aromatic carbocycles. The molecule has 1 unspecified atom stereocenters. The third-order valence-electron chi connectivity index (χ3n) is 6.39. The van der Waals surface area contributed by atoms with Crippen LogP contribution in [-0.4, -0.2) is 34.1 Å². The quantitative estimate of drug-likeness (QED) is 0.339. The van der Waals surface area contributed by atoms with Gasteiger partial charge in [-0.25, -0.2) is 13.2 Å². The van der Waals surface area contributed by atoms with E-state index in [4.69, 9.17) is 0 Å². The number of anilines is 1. The number of fused-ring (bicyclic) bond motifs is 1. The molecule has 1 aromatic heterocycles. The van der Waals surface area contributed by atoms with Gasteiger partial charge in [-0.1, -0.05) is 24.3 Å². The van der Waals surface area contributed by atoms with Crippen molar-refractivity contribution in [1.82, 2.24) is 9.78 Å². The van der Waals surface area contributed by atoms with E-state index in [1.807, 2.05) is 4.90 Å². The first-order valence-electron chi connectivity index (χ1n) is 11.4. The van der Waals surface area contributed by atoms with Crippen molar-refractivity contribution >= 4 is 16.6 Å². The zero-order valence-electron chi connectivity index (χ0n) is 18.9. The van der Waals surface area contributed by atoms with Gasteiger partial charge in [0, 0.05) is 47.4 Å². The monoisotopic (exact) mass is 505 g/mol. The first-order valence-corrected chi connectivity index (χ1v) is 11.4. The van der Waals surface area contributed by atoms with E-state index in [1.165, 1.54) is 12.1 Å². The van der Waals surface area contributed by atoms with Crippen molar-refractivity contribution in [3.05, 3.63) is 83.2 Å². The van der Waals surface area contributed by atoms with Gasteiger partial charge in [-0.05, 0) is 31.0 Å². The molecule has 5 rings (SSSR count). The Bertz CT molecular complexity index is 1390. The normalized spacial score (nSPS) is 16.6. The van der Waals surface area contributed by atoms with Crippen LogP contribution < -0.4 is 4.90 Å². The van der Waals surface area contributed by atoms with Crippen LogP contribution in [0.15, 0.2) is 54.6 Å². The van der Waals surface area contributed by atoms with Crippen molar-refractivity contribution in [3.63, 3.8) is 0 Å². The summed E-state index contributed by atoms with van der Waals surface area (Å²) in [6, 6.07) is 11.6. The molecule has 4 nitrogen and oxygen atoms in total. The maximum atomic E-state index is 14.4. The van der Waals surface area contributed by atoms with E-state index < -0.39 is 47.4 Å². The summed E-state index contributed by atoms with van der Waals surface area (Å²) in [5.41, 5.74) is -0.284. The van der Waals surface area contributed by atoms with Crippen LogP contribution in [-0.2, 0) is 12.7 Å². The number of aliphatic hydroxyl groups is 1. The van der Waals surface area contributed by atoms with Crippen molar-refractivity contribution in [2.75, 3.05) is 18.0 Å². The molecular formula is C26H21F6N3O. The Kier molecular flexibility index (Phi) is 6.15. The molecule has 10 heteroatoms. The summed E-state index contributed by atoms with van der Waals surface area (Å²) in [5.74, 6) is -3.42. The van der Waals surface area contributed by atoms with E-state index in [0.29, 0.717) is 24.2 Å². The first kappa shape index (κ1) is 24.2. The number of alkyl halides is 3. The Hall–Kier alpha value is -3.53. The Morgan fingerprint density at radius 2 is 1.67 bits per heavy atom. The molecule has 1 saturated heterocycles. The summed E-state index contributed by atoms with van der Waals surface area (Å²) < 4.78 is 84.5. The Balaban J connectivity index is 1.64. The van der Waals surface area contributed by atoms with Crippen LogP contribution in [0.3, 0.4) is 0 Å². The standard InChI is InChI=1S/C26H21F6N3O/c27-16-11-22(28)20(23(29)12-16)14-35-25(19-4-1-5-21(24(19)33-35)26(30,31)32)15-6-8-17(9-7-15)34-10-2-3-18(36)13-34/h1,4-9,11-12,18,36H,2-3,10,13-14H2. The van der Waals surface area contributed by atoms with Crippen LogP contribution in [0, 0.1) is 17.5 Å². The minimum absolute atomic E-state index is 0.161. The maximum absolute atomic E-state index is 14.4. The second-order valence-electron chi connectivity index (χ2n) is 8.84. The molecule has 1 atom stereocenters. The highest BCUT2D eigenvalue weighted by molar-refractivity contribution is 5.95. The summed E-state index contributed by atoms with van der Waals surface area (Å²) >= 11 is 0. The van der Waals surface area contributed by atoms with Crippen molar-refractivity contribution in [1.29, 1.82) is 0 Å². The highest BCUT2D eigenvalue weighted by Crippen LogP contribution is 2.38. The fourth-order valence-corrected chi connectivity index (χ4v) is 4.69. The molecule has 1 aliphatic heterocycles. The lowest BCUT2D eigenvalue weighted by Gasteiger charge is -2.32. The van der Waals surface area contributed by atoms with Crippen LogP contribution in [0.25, 0.3) is 22.2 Å². The third kappa shape index (κ3) is 4.53. The van der Waals surface area contributed by atoms with Crippen molar-refractivity contribution in [2.24, 2.45) is 0 Å². The molecule has 0 radical (unpaired) electrons. The number of aliphatic hydroxyl groups excluding tert-OH is 1. The number of halogens is 6. The number of rotatable bonds is 4. The van der Waals surface area contributed by atoms with Crippen LogP contribution in [0.4, 0.5) is 32.0 Å². The predicted molar refractivity (Wildman–Crippen MR) is 123 cm³/mol. The lowest BCUT2D eigenvalue weighted by molar-refractivity contribution is -0.136. The van der Waals surface area contributed by atoms with Gasteiger partial charge in [0.15, 0.2) is 0 Å². The number of aromatic nitrogens is 2. The van der Waals surface area contributed by atoms with Gasteiger partial charge in [0.2, 0.25) is 0 Å². The summed E-state index contributed by atoms with van der Waals surface area (Å²) in [7, 11) is 0. The highest BCUT2D eigenvalue weighted by Gasteiger charge is 2.34. The molecule has 4 aromatic rings. The molecule has 0 bridgehead atoms. The van der Waals surface area contributed by atoms with Gasteiger partial charge in [0.1, 0.15) is 23.0 Å². The molecule has 2 heterocycles. The van der Waals surface area contributed by atoms with Gasteiger partial charge in [-0.15, -0.1) is 0 Å². The molecule has 1 fully saturated rings. The molecule has 0 aliphatic carbocycles. The Labute approximate surface area is 202 Å². The number of hydrogen-bond donors (Lipinski definition) is 1. The number of hydrogen-bond acceptors (Lipinski definition) is 3. The summed E-state index contributed by atoms with van der Waals surface area (Å²) in [5, 5.41) is 14.2. The number of β-amino-alcohol motifs (C(OH)–C–C–N with tert-alkyl or cyclic N) is 1. The van der Waals surface area contributed by atoms with Gasteiger partial charge in [0.05, 0.1) is 23.9 Å². The lowest BCUT2D eigenvalue weighted by Crippen LogP contribution is -2.38. The largest absolute Gasteiger partial charge is 0.418 e. The van der Waals surface area contributed by atoms with Crippen LogP contribution in [0.1, 0.15) is 24.0 Å². The van der Waals surface area contributed by atoms with Crippen LogP contribution in [0.2, 0.25) is 0 Å². The maximum Gasteiger partial charge on any atom is 0.418 e. The lowest BCUT2D eigenvalue weighted by atomic mass is 10.0. The molecule has 188 valence electrons. The average molecular weight is 505 g/mol. The predicted octanol–water partition coefficient (Wildman–Crippen LogP) is 6.15. The number of nitrogens with zero attached hydrogens (tertiary/aromatic N) is 3. The molecule has 0 amide bonds. The molecular weight excluding hydrogens is 484 g/mol. The van der Waals surface area contributed by atoms with Crippen molar-refractivity contribution in [3.8, 4) is 11.3 Å². The molecule has 36 heavy (non-hydrogen) atoms. The van der Waals surface area contributed by atoms with Gasteiger partial charge in [-0.2, -0.15) is 18.3 Å². The molecule has 0 spiro atoms. The van der Waals surface area contributed by atoms with E-state index in [-0.39, 0.29) is 16.6 Å². The minimum atomic E-state index is -4.69.